The molecule has 1 heterocycles. The second kappa shape index (κ2) is 5.38. The summed E-state index contributed by atoms with van der Waals surface area (Å²) in [6.07, 6.45) is 3.70. The number of methoxy groups -OCH3 is 1. The van der Waals surface area contributed by atoms with Gasteiger partial charge in [-0.25, -0.2) is 4.98 Å². The highest BCUT2D eigenvalue weighted by molar-refractivity contribution is 5.83. The predicted molar refractivity (Wildman–Crippen MR) is 67.6 cm³/mol. The Morgan fingerprint density at radius 1 is 1.39 bits per heavy atom. The van der Waals surface area contributed by atoms with Gasteiger partial charge < -0.3 is 9.47 Å². The van der Waals surface area contributed by atoms with Gasteiger partial charge in [0.2, 0.25) is 5.88 Å². The van der Waals surface area contributed by atoms with Gasteiger partial charge in [0.15, 0.2) is 0 Å². The first kappa shape index (κ1) is 12.9. The number of nitrogens with zero attached hydrogens (tertiary/aromatic N) is 1. The van der Waals surface area contributed by atoms with Crippen LogP contribution in [0.3, 0.4) is 0 Å². The third-order valence-electron chi connectivity index (χ3n) is 3.55. The Balaban J connectivity index is 2.37. The van der Waals surface area contributed by atoms with Gasteiger partial charge >= 0.3 is 5.97 Å². The molecule has 1 aromatic heterocycles. The smallest absolute Gasteiger partial charge is 0.318 e. The fraction of sp³-hybridized carbons (Fsp3) is 0.571. The highest BCUT2D eigenvalue weighted by Gasteiger charge is 2.45. The van der Waals surface area contributed by atoms with Crippen LogP contribution in [0.4, 0.5) is 0 Å². The third-order valence-corrected chi connectivity index (χ3v) is 3.55. The van der Waals surface area contributed by atoms with Crippen molar-refractivity contribution >= 4 is 5.97 Å². The molecule has 4 nitrogen and oxygen atoms in total. The van der Waals surface area contributed by atoms with Crippen molar-refractivity contribution in [1.29, 1.82) is 0 Å². The van der Waals surface area contributed by atoms with E-state index in [4.69, 9.17) is 9.47 Å². The number of hydrogen-bond acceptors (Lipinski definition) is 4. The van der Waals surface area contributed by atoms with Gasteiger partial charge in [-0.2, -0.15) is 0 Å². The van der Waals surface area contributed by atoms with Gasteiger partial charge in [0.1, 0.15) is 5.41 Å². The molecule has 0 bridgehead atoms. The largest absolute Gasteiger partial charge is 0.481 e. The lowest BCUT2D eigenvalue weighted by atomic mass is 9.82. The van der Waals surface area contributed by atoms with E-state index in [0.29, 0.717) is 12.5 Å². The molecular formula is C14H19NO3. The second-order valence-electron chi connectivity index (χ2n) is 4.57. The Labute approximate surface area is 107 Å². The van der Waals surface area contributed by atoms with Crippen molar-refractivity contribution in [2.45, 2.75) is 38.0 Å². The lowest BCUT2D eigenvalue weighted by Gasteiger charge is -2.26. The SMILES string of the molecule is CCOC(=O)C1(c2cccc(OC)n2)CCCC1. The lowest BCUT2D eigenvalue weighted by molar-refractivity contribution is -0.150. The summed E-state index contributed by atoms with van der Waals surface area (Å²) in [6, 6.07) is 5.56. The average Bonchev–Trinajstić information content (AvgIpc) is 2.90. The number of rotatable bonds is 4. The van der Waals surface area contributed by atoms with Crippen LogP contribution in [-0.2, 0) is 14.9 Å². The number of carbonyl (C=O) groups is 1. The Bertz CT molecular complexity index is 425. The highest BCUT2D eigenvalue weighted by Crippen LogP contribution is 2.41. The van der Waals surface area contributed by atoms with E-state index in [-0.39, 0.29) is 5.97 Å². The summed E-state index contributed by atoms with van der Waals surface area (Å²) in [5.74, 6) is 0.395. The molecule has 2 rings (SSSR count). The summed E-state index contributed by atoms with van der Waals surface area (Å²) in [5, 5.41) is 0. The van der Waals surface area contributed by atoms with Crippen LogP contribution >= 0.6 is 0 Å². The van der Waals surface area contributed by atoms with Crippen molar-refractivity contribution < 1.29 is 14.3 Å². The monoisotopic (exact) mass is 249 g/mol. The zero-order chi connectivity index (χ0) is 13.0. The van der Waals surface area contributed by atoms with E-state index in [1.807, 2.05) is 19.1 Å². The number of aromatic nitrogens is 1. The molecule has 0 radical (unpaired) electrons. The van der Waals surface area contributed by atoms with Gasteiger partial charge in [-0.1, -0.05) is 18.9 Å². The number of carbonyl (C=O) groups excluding carboxylic acids is 1. The molecule has 98 valence electrons. The number of hydrogen-bond donors (Lipinski definition) is 0. The number of ether oxygens (including phenoxy) is 2. The molecule has 0 N–H and O–H groups in total. The zero-order valence-electron chi connectivity index (χ0n) is 10.9. The predicted octanol–water partition coefficient (Wildman–Crippen LogP) is 2.47. The number of esters is 1. The van der Waals surface area contributed by atoms with Gasteiger partial charge in [0, 0.05) is 6.07 Å². The third kappa shape index (κ3) is 2.19. The van der Waals surface area contributed by atoms with Gasteiger partial charge in [-0.3, -0.25) is 4.79 Å². The molecular weight excluding hydrogens is 230 g/mol. The second-order valence-corrected chi connectivity index (χ2v) is 4.57. The quantitative estimate of drug-likeness (QED) is 0.769. The molecule has 1 fully saturated rings. The normalized spacial score (nSPS) is 17.4. The molecule has 0 atom stereocenters. The maximum absolute atomic E-state index is 12.3. The molecule has 1 aliphatic rings. The molecule has 18 heavy (non-hydrogen) atoms. The molecule has 0 unspecified atom stereocenters. The summed E-state index contributed by atoms with van der Waals surface area (Å²) in [7, 11) is 1.58. The first-order valence-electron chi connectivity index (χ1n) is 6.41. The van der Waals surface area contributed by atoms with Crippen molar-refractivity contribution in [2.24, 2.45) is 0 Å². The number of pyridine rings is 1. The highest BCUT2D eigenvalue weighted by atomic mass is 16.5. The fourth-order valence-corrected chi connectivity index (χ4v) is 2.61. The van der Waals surface area contributed by atoms with E-state index < -0.39 is 5.41 Å². The van der Waals surface area contributed by atoms with Crippen LogP contribution < -0.4 is 4.74 Å². The minimum atomic E-state index is -0.565. The summed E-state index contributed by atoms with van der Waals surface area (Å²) in [5.41, 5.74) is 0.211. The summed E-state index contributed by atoms with van der Waals surface area (Å²) < 4.78 is 10.4. The molecule has 0 saturated heterocycles. The standard InChI is InChI=1S/C14H19NO3/c1-3-18-13(16)14(9-4-5-10-14)11-7-6-8-12(15-11)17-2/h6-8H,3-5,9-10H2,1-2H3. The Morgan fingerprint density at radius 2 is 2.11 bits per heavy atom. The molecule has 0 amide bonds. The first-order chi connectivity index (χ1) is 8.73. The van der Waals surface area contributed by atoms with Crippen LogP contribution in [-0.4, -0.2) is 24.7 Å². The van der Waals surface area contributed by atoms with E-state index in [0.717, 1.165) is 31.4 Å². The van der Waals surface area contributed by atoms with Gasteiger partial charge in [-0.05, 0) is 25.8 Å². The molecule has 1 saturated carbocycles. The minimum Gasteiger partial charge on any atom is -0.481 e. The summed E-state index contributed by atoms with van der Waals surface area (Å²) in [6.45, 7) is 2.24. The minimum absolute atomic E-state index is 0.150. The van der Waals surface area contributed by atoms with Crippen LogP contribution in [0.2, 0.25) is 0 Å². The molecule has 0 aromatic carbocycles. The molecule has 1 aliphatic carbocycles. The average molecular weight is 249 g/mol. The van der Waals surface area contributed by atoms with Crippen molar-refractivity contribution in [3.05, 3.63) is 23.9 Å². The van der Waals surface area contributed by atoms with Crippen LogP contribution in [0.15, 0.2) is 18.2 Å². The van der Waals surface area contributed by atoms with E-state index >= 15 is 0 Å². The molecule has 4 heteroatoms. The molecule has 1 aromatic rings. The maximum atomic E-state index is 12.3. The van der Waals surface area contributed by atoms with Crippen molar-refractivity contribution in [2.75, 3.05) is 13.7 Å². The summed E-state index contributed by atoms with van der Waals surface area (Å²) >= 11 is 0. The Morgan fingerprint density at radius 3 is 2.72 bits per heavy atom. The van der Waals surface area contributed by atoms with Crippen LogP contribution in [0.5, 0.6) is 5.88 Å². The van der Waals surface area contributed by atoms with Crippen LogP contribution in [0.25, 0.3) is 0 Å². The summed E-state index contributed by atoms with van der Waals surface area (Å²) in [4.78, 5) is 16.7. The Kier molecular flexibility index (Phi) is 3.84. The van der Waals surface area contributed by atoms with Crippen LogP contribution in [0, 0.1) is 0 Å². The van der Waals surface area contributed by atoms with E-state index in [2.05, 4.69) is 4.98 Å². The van der Waals surface area contributed by atoms with Gasteiger partial charge in [0.05, 0.1) is 19.4 Å². The van der Waals surface area contributed by atoms with Crippen molar-refractivity contribution in [1.82, 2.24) is 4.98 Å². The first-order valence-corrected chi connectivity index (χ1v) is 6.41. The zero-order valence-corrected chi connectivity index (χ0v) is 10.9. The maximum Gasteiger partial charge on any atom is 0.318 e. The van der Waals surface area contributed by atoms with Crippen molar-refractivity contribution in [3.63, 3.8) is 0 Å². The molecule has 0 aliphatic heterocycles. The van der Waals surface area contributed by atoms with Crippen LogP contribution in [0.1, 0.15) is 38.3 Å². The van der Waals surface area contributed by atoms with E-state index in [1.165, 1.54) is 0 Å². The topological polar surface area (TPSA) is 48.4 Å². The molecule has 0 spiro atoms. The van der Waals surface area contributed by atoms with Gasteiger partial charge in [-0.15, -0.1) is 0 Å². The van der Waals surface area contributed by atoms with Gasteiger partial charge in [0.25, 0.3) is 0 Å². The lowest BCUT2D eigenvalue weighted by Crippen LogP contribution is -2.35. The van der Waals surface area contributed by atoms with Crippen molar-refractivity contribution in [3.8, 4) is 5.88 Å². The van der Waals surface area contributed by atoms with E-state index in [9.17, 15) is 4.79 Å². The fourth-order valence-electron chi connectivity index (χ4n) is 2.61. The van der Waals surface area contributed by atoms with E-state index in [1.54, 1.807) is 13.2 Å². The Hall–Kier alpha value is -1.58.